The first-order valence-electron chi connectivity index (χ1n) is 3.42. The molecule has 0 radical (unpaired) electrons. The van der Waals surface area contributed by atoms with Crippen LogP contribution in [-0.4, -0.2) is 14.6 Å². The summed E-state index contributed by atoms with van der Waals surface area (Å²) in [4.78, 5) is 3.77. The number of aryl methyl sites for hydroxylation is 1. The fourth-order valence-electron chi connectivity index (χ4n) is 1.02. The van der Waals surface area contributed by atoms with E-state index in [0.29, 0.717) is 5.89 Å². The molecule has 13 heavy (non-hydrogen) atoms. The third kappa shape index (κ3) is 0.861. The van der Waals surface area contributed by atoms with Gasteiger partial charge < -0.3 is 4.42 Å². The summed E-state index contributed by atoms with van der Waals surface area (Å²) in [6, 6.07) is 3.63. The lowest BCUT2D eigenvalue weighted by atomic mass is 10.4. The van der Waals surface area contributed by atoms with E-state index in [9.17, 15) is 0 Å². The van der Waals surface area contributed by atoms with Crippen LogP contribution in [0.5, 0.6) is 0 Å². The predicted molar refractivity (Wildman–Crippen MR) is 39.4 cm³/mol. The van der Waals surface area contributed by atoms with Crippen molar-refractivity contribution < 1.29 is 4.42 Å². The Balaban J connectivity index is 2.89. The Labute approximate surface area is 72.6 Å². The van der Waals surface area contributed by atoms with E-state index in [1.807, 2.05) is 6.07 Å². The Bertz CT molecular complexity index is 550. The summed E-state index contributed by atoms with van der Waals surface area (Å²) in [6.45, 7) is 1.64. The van der Waals surface area contributed by atoms with Gasteiger partial charge in [-0.05, 0) is 0 Å². The van der Waals surface area contributed by atoms with Crippen LogP contribution in [0.1, 0.15) is 17.3 Å². The van der Waals surface area contributed by atoms with Gasteiger partial charge in [0.15, 0.2) is 11.4 Å². The van der Waals surface area contributed by atoms with Crippen LogP contribution >= 0.6 is 0 Å². The topological polar surface area (TPSA) is 90.9 Å². The molecule has 0 N–H and O–H groups in total. The van der Waals surface area contributed by atoms with Gasteiger partial charge >= 0.3 is 5.84 Å². The first-order valence-corrected chi connectivity index (χ1v) is 3.42. The number of aromatic nitrogens is 3. The highest BCUT2D eigenvalue weighted by Crippen LogP contribution is 2.11. The number of imidazole rings is 1. The standard InChI is InChI=1S/C7H3N5O/c1-4-11-12-6(3-9)5(2-8)10-7(12)13-4/h1H3. The van der Waals surface area contributed by atoms with Crippen molar-refractivity contribution >= 4 is 5.84 Å². The van der Waals surface area contributed by atoms with E-state index in [4.69, 9.17) is 14.9 Å². The number of hydrogen-bond donors (Lipinski definition) is 0. The van der Waals surface area contributed by atoms with Crippen molar-refractivity contribution in [3.63, 3.8) is 0 Å². The van der Waals surface area contributed by atoms with Crippen LogP contribution in [0, 0.1) is 29.6 Å². The molecule has 0 fully saturated rings. The summed E-state index contributed by atoms with van der Waals surface area (Å²) in [7, 11) is 0. The molecule has 62 valence electrons. The second-order valence-corrected chi connectivity index (χ2v) is 2.35. The largest absolute Gasteiger partial charge is 0.408 e. The maximum absolute atomic E-state index is 8.70. The second kappa shape index (κ2) is 2.32. The summed E-state index contributed by atoms with van der Waals surface area (Å²) in [5.74, 6) is 0.578. The first kappa shape index (κ1) is 7.32. The minimum atomic E-state index is 0.0359. The van der Waals surface area contributed by atoms with Crippen LogP contribution in [-0.2, 0) is 0 Å². The van der Waals surface area contributed by atoms with E-state index in [2.05, 4.69) is 10.1 Å². The zero-order valence-electron chi connectivity index (χ0n) is 6.64. The van der Waals surface area contributed by atoms with Gasteiger partial charge in [-0.2, -0.15) is 20.0 Å². The molecule has 0 atom stereocenters. The van der Waals surface area contributed by atoms with Gasteiger partial charge in [0.1, 0.15) is 12.1 Å². The van der Waals surface area contributed by atoms with Gasteiger partial charge in [0.2, 0.25) is 5.89 Å². The average Bonchev–Trinajstić information content (AvgIpc) is 2.59. The molecule has 0 amide bonds. The fraction of sp³-hybridized carbons (Fsp3) is 0.143. The highest BCUT2D eigenvalue weighted by atomic mass is 16.4. The normalized spacial score (nSPS) is 9.77. The van der Waals surface area contributed by atoms with Crippen molar-refractivity contribution in [1.82, 2.24) is 14.6 Å². The highest BCUT2D eigenvalue weighted by molar-refractivity contribution is 5.44. The van der Waals surface area contributed by atoms with Gasteiger partial charge in [-0.15, -0.1) is 5.10 Å². The first-order chi connectivity index (χ1) is 6.26. The molecule has 6 nitrogen and oxygen atoms in total. The average molecular weight is 173 g/mol. The SMILES string of the molecule is Cc1nn2c(C#N)c(C#N)nc2o1. The molecule has 6 heteroatoms. The van der Waals surface area contributed by atoms with E-state index >= 15 is 0 Å². The van der Waals surface area contributed by atoms with Gasteiger partial charge in [-0.3, -0.25) is 0 Å². The Morgan fingerprint density at radius 1 is 1.38 bits per heavy atom. The van der Waals surface area contributed by atoms with Gasteiger partial charge in [-0.25, -0.2) is 0 Å². The van der Waals surface area contributed by atoms with Gasteiger partial charge in [0.25, 0.3) is 0 Å². The molecule has 0 spiro atoms. The summed E-state index contributed by atoms with van der Waals surface area (Å²) in [6.07, 6.45) is 0. The monoisotopic (exact) mass is 173 g/mol. The van der Waals surface area contributed by atoms with Gasteiger partial charge in [-0.1, -0.05) is 0 Å². The lowest BCUT2D eigenvalue weighted by molar-refractivity contribution is 0.551. The van der Waals surface area contributed by atoms with Crippen molar-refractivity contribution in [2.24, 2.45) is 0 Å². The minimum absolute atomic E-state index is 0.0359. The van der Waals surface area contributed by atoms with Crippen LogP contribution in [0.15, 0.2) is 4.42 Å². The van der Waals surface area contributed by atoms with E-state index in [1.165, 1.54) is 4.52 Å². The third-order valence-corrected chi connectivity index (χ3v) is 1.52. The number of nitriles is 2. The Kier molecular flexibility index (Phi) is 1.31. The molecule has 0 bridgehead atoms. The maximum Gasteiger partial charge on any atom is 0.327 e. The summed E-state index contributed by atoms with van der Waals surface area (Å²) < 4.78 is 6.25. The molecule has 2 aromatic heterocycles. The molecule has 0 saturated carbocycles. The lowest BCUT2D eigenvalue weighted by Crippen LogP contribution is -1.90. The molecule has 0 aromatic carbocycles. The van der Waals surface area contributed by atoms with Gasteiger partial charge in [0, 0.05) is 6.92 Å². The molecule has 2 rings (SSSR count). The van der Waals surface area contributed by atoms with Crippen LogP contribution in [0.3, 0.4) is 0 Å². The van der Waals surface area contributed by atoms with Crippen LogP contribution in [0.25, 0.3) is 5.84 Å². The van der Waals surface area contributed by atoms with Crippen molar-refractivity contribution in [3.05, 3.63) is 17.3 Å². The van der Waals surface area contributed by atoms with Crippen LogP contribution in [0.4, 0.5) is 0 Å². The second-order valence-electron chi connectivity index (χ2n) is 2.35. The van der Waals surface area contributed by atoms with Crippen molar-refractivity contribution in [2.45, 2.75) is 6.92 Å². The number of rotatable bonds is 0. The molecule has 0 aliphatic carbocycles. The molecule has 2 heterocycles. The zero-order chi connectivity index (χ0) is 9.42. The molecule has 0 saturated heterocycles. The molecule has 0 unspecified atom stereocenters. The molecular weight excluding hydrogens is 170 g/mol. The van der Waals surface area contributed by atoms with Crippen LogP contribution in [0.2, 0.25) is 0 Å². The molecule has 2 aromatic rings. The van der Waals surface area contributed by atoms with E-state index in [-0.39, 0.29) is 17.2 Å². The molecular formula is C7H3N5O. The number of hydrogen-bond acceptors (Lipinski definition) is 5. The summed E-state index contributed by atoms with van der Waals surface area (Å²) in [5, 5.41) is 21.2. The van der Waals surface area contributed by atoms with E-state index in [1.54, 1.807) is 13.0 Å². The van der Waals surface area contributed by atoms with Crippen molar-refractivity contribution in [1.29, 1.82) is 10.5 Å². The smallest absolute Gasteiger partial charge is 0.327 e. The quantitative estimate of drug-likeness (QED) is 0.574. The number of fused-ring (bicyclic) bond motifs is 1. The fourth-order valence-corrected chi connectivity index (χ4v) is 1.02. The van der Waals surface area contributed by atoms with Crippen molar-refractivity contribution in [3.8, 4) is 12.1 Å². The Morgan fingerprint density at radius 2 is 2.15 bits per heavy atom. The van der Waals surface area contributed by atoms with Gasteiger partial charge in [0.05, 0.1) is 0 Å². The van der Waals surface area contributed by atoms with E-state index in [0.717, 1.165) is 0 Å². The third-order valence-electron chi connectivity index (χ3n) is 1.52. The predicted octanol–water partition coefficient (Wildman–Crippen LogP) is 0.374. The number of nitrogens with zero attached hydrogens (tertiary/aromatic N) is 5. The Morgan fingerprint density at radius 3 is 2.77 bits per heavy atom. The molecule has 0 aliphatic rings. The van der Waals surface area contributed by atoms with Crippen molar-refractivity contribution in [2.75, 3.05) is 0 Å². The maximum atomic E-state index is 8.70. The van der Waals surface area contributed by atoms with E-state index < -0.39 is 0 Å². The summed E-state index contributed by atoms with van der Waals surface area (Å²) >= 11 is 0. The highest BCUT2D eigenvalue weighted by Gasteiger charge is 2.15. The van der Waals surface area contributed by atoms with Crippen LogP contribution < -0.4 is 0 Å². The lowest BCUT2D eigenvalue weighted by Gasteiger charge is -1.79. The Hall–Kier alpha value is -2.34. The summed E-state index contributed by atoms with van der Waals surface area (Å²) in [5.41, 5.74) is 0.142. The zero-order valence-corrected chi connectivity index (χ0v) is 6.64. The molecule has 0 aliphatic heterocycles. The minimum Gasteiger partial charge on any atom is -0.408 e.